The number of methoxy groups -OCH3 is 1. The molecule has 0 bridgehead atoms. The largest absolute Gasteiger partial charge is 0.495 e. The predicted molar refractivity (Wildman–Crippen MR) is 79.5 cm³/mol. The summed E-state index contributed by atoms with van der Waals surface area (Å²) >= 11 is 0. The van der Waals surface area contributed by atoms with Crippen molar-refractivity contribution in [3.8, 4) is 39.7 Å². The topological polar surface area (TPSA) is 87.3 Å². The third-order valence-corrected chi connectivity index (χ3v) is 3.42. The molecule has 7 nitrogen and oxygen atoms in total. The van der Waals surface area contributed by atoms with Gasteiger partial charge in [0.15, 0.2) is 17.3 Å². The summed E-state index contributed by atoms with van der Waals surface area (Å²) in [6.45, 7) is 0. The zero-order chi connectivity index (χ0) is 15.6. The van der Waals surface area contributed by atoms with Crippen LogP contribution in [-0.4, -0.2) is 22.6 Å². The molecule has 7 heteroatoms. The zero-order valence-corrected chi connectivity index (χ0v) is 12.1. The van der Waals surface area contributed by atoms with E-state index in [9.17, 15) is 0 Å². The third-order valence-electron chi connectivity index (χ3n) is 3.42. The zero-order valence-electron chi connectivity index (χ0n) is 12.1. The molecular weight excluding hydrogens is 298 g/mol. The molecule has 0 N–H and O–H groups in total. The molecular formula is C16H11N3O4. The Balaban J connectivity index is 2.01. The van der Waals surface area contributed by atoms with E-state index in [1.165, 1.54) is 0 Å². The van der Waals surface area contributed by atoms with Crippen LogP contribution in [0.5, 0.6) is 5.75 Å². The Morgan fingerprint density at radius 1 is 0.739 bits per heavy atom. The Morgan fingerprint density at radius 2 is 1.22 bits per heavy atom. The van der Waals surface area contributed by atoms with E-state index < -0.39 is 0 Å². The summed E-state index contributed by atoms with van der Waals surface area (Å²) in [5.74, 6) is 2.36. The molecule has 0 amide bonds. The van der Waals surface area contributed by atoms with E-state index in [0.29, 0.717) is 23.0 Å². The van der Waals surface area contributed by atoms with E-state index in [2.05, 4.69) is 15.5 Å². The second-order valence-corrected chi connectivity index (χ2v) is 4.73. The van der Waals surface area contributed by atoms with Crippen molar-refractivity contribution in [2.24, 2.45) is 0 Å². The normalized spacial score (nSPS) is 10.8. The van der Waals surface area contributed by atoms with E-state index >= 15 is 0 Å². The number of benzene rings is 1. The lowest BCUT2D eigenvalue weighted by molar-refractivity contribution is 0.400. The maximum atomic E-state index is 5.57. The summed E-state index contributed by atoms with van der Waals surface area (Å²) in [6.07, 6.45) is 4.73. The average Bonchev–Trinajstić information content (AvgIpc) is 3.37. The van der Waals surface area contributed by atoms with Crippen LogP contribution in [0.25, 0.3) is 34.0 Å². The highest BCUT2D eigenvalue weighted by Gasteiger charge is 2.20. The van der Waals surface area contributed by atoms with Gasteiger partial charge in [0, 0.05) is 23.8 Å². The maximum absolute atomic E-state index is 5.57. The van der Waals surface area contributed by atoms with Crippen LogP contribution in [0.1, 0.15) is 0 Å². The van der Waals surface area contributed by atoms with Gasteiger partial charge < -0.3 is 18.3 Å². The van der Waals surface area contributed by atoms with Crippen molar-refractivity contribution in [2.45, 2.75) is 0 Å². The van der Waals surface area contributed by atoms with E-state index in [-0.39, 0.29) is 0 Å². The van der Waals surface area contributed by atoms with Gasteiger partial charge in [0.05, 0.1) is 36.8 Å². The predicted octanol–water partition coefficient (Wildman–Crippen LogP) is 3.66. The van der Waals surface area contributed by atoms with Gasteiger partial charge in [-0.3, -0.25) is 0 Å². The summed E-state index contributed by atoms with van der Waals surface area (Å²) in [4.78, 5) is 0. The van der Waals surface area contributed by atoms with E-state index in [1.807, 2.05) is 12.1 Å². The monoisotopic (exact) mass is 309 g/mol. The van der Waals surface area contributed by atoms with Gasteiger partial charge in [0.2, 0.25) is 0 Å². The van der Waals surface area contributed by atoms with Crippen LogP contribution in [0, 0.1) is 0 Å². The van der Waals surface area contributed by atoms with Crippen molar-refractivity contribution in [3.05, 3.63) is 48.9 Å². The van der Waals surface area contributed by atoms with Crippen molar-refractivity contribution in [2.75, 3.05) is 7.11 Å². The second-order valence-electron chi connectivity index (χ2n) is 4.73. The lowest BCUT2D eigenvalue weighted by Gasteiger charge is -2.12. The minimum absolute atomic E-state index is 0.573. The number of nitrogens with zero attached hydrogens (tertiary/aromatic N) is 3. The van der Waals surface area contributed by atoms with Crippen LogP contribution >= 0.6 is 0 Å². The Kier molecular flexibility index (Phi) is 3.16. The maximum Gasteiger partial charge on any atom is 0.170 e. The number of aromatic nitrogens is 3. The summed E-state index contributed by atoms with van der Waals surface area (Å²) in [5.41, 5.74) is 2.26. The van der Waals surface area contributed by atoms with Gasteiger partial charge >= 0.3 is 0 Å². The summed E-state index contributed by atoms with van der Waals surface area (Å²) in [7, 11) is 1.59. The Morgan fingerprint density at radius 3 is 1.61 bits per heavy atom. The highest BCUT2D eigenvalue weighted by Crippen LogP contribution is 2.42. The van der Waals surface area contributed by atoms with Crippen molar-refractivity contribution in [3.63, 3.8) is 0 Å². The highest BCUT2D eigenvalue weighted by atomic mass is 16.5. The standard InChI is InChI=1S/C16H11N3O4/c1-20-16-11(14-3-6-18-22-14)8-10(13-2-5-17-21-13)9-12(16)15-4-7-19-23-15/h2-9H,1H3. The molecule has 3 aromatic heterocycles. The molecule has 1 aromatic carbocycles. The SMILES string of the molecule is COc1c(-c2ccno2)cc(-c2ccno2)cc1-c1ccno1. The van der Waals surface area contributed by atoms with Gasteiger partial charge in [-0.05, 0) is 12.1 Å². The molecule has 0 aliphatic rings. The van der Waals surface area contributed by atoms with Crippen molar-refractivity contribution in [1.82, 2.24) is 15.5 Å². The molecule has 3 heterocycles. The first-order valence-corrected chi connectivity index (χ1v) is 6.82. The summed E-state index contributed by atoms with van der Waals surface area (Å²) in [5, 5.41) is 11.3. The fraction of sp³-hybridized carbons (Fsp3) is 0.0625. The van der Waals surface area contributed by atoms with Gasteiger partial charge in [-0.1, -0.05) is 15.5 Å². The molecule has 0 spiro atoms. The molecule has 4 aromatic rings. The summed E-state index contributed by atoms with van der Waals surface area (Å²) in [6, 6.07) is 9.06. The van der Waals surface area contributed by atoms with Gasteiger partial charge in [0.1, 0.15) is 5.75 Å². The van der Waals surface area contributed by atoms with Crippen molar-refractivity contribution >= 4 is 0 Å². The van der Waals surface area contributed by atoms with Crippen molar-refractivity contribution < 1.29 is 18.3 Å². The lowest BCUT2D eigenvalue weighted by atomic mass is 9.99. The molecule has 0 fully saturated rings. The molecule has 114 valence electrons. The van der Waals surface area contributed by atoms with E-state index in [0.717, 1.165) is 16.7 Å². The third kappa shape index (κ3) is 2.28. The quantitative estimate of drug-likeness (QED) is 0.568. The first kappa shape index (κ1) is 13.3. The van der Waals surface area contributed by atoms with Crippen molar-refractivity contribution in [1.29, 1.82) is 0 Å². The van der Waals surface area contributed by atoms with Crippen LogP contribution in [-0.2, 0) is 0 Å². The molecule has 0 atom stereocenters. The van der Waals surface area contributed by atoms with Gasteiger partial charge in [-0.25, -0.2) is 0 Å². The number of ether oxygens (including phenoxy) is 1. The molecule has 0 saturated heterocycles. The minimum Gasteiger partial charge on any atom is -0.495 e. The molecule has 0 aliphatic carbocycles. The van der Waals surface area contributed by atoms with Crippen LogP contribution in [0.2, 0.25) is 0 Å². The fourth-order valence-electron chi connectivity index (χ4n) is 2.43. The first-order chi connectivity index (χ1) is 11.4. The van der Waals surface area contributed by atoms with Crippen LogP contribution < -0.4 is 4.74 Å². The molecule has 0 saturated carbocycles. The molecule has 0 radical (unpaired) electrons. The number of rotatable bonds is 4. The van der Waals surface area contributed by atoms with Crippen LogP contribution in [0.15, 0.2) is 62.5 Å². The Hall–Kier alpha value is -3.35. The highest BCUT2D eigenvalue weighted by molar-refractivity contribution is 5.84. The van der Waals surface area contributed by atoms with Gasteiger partial charge in [0.25, 0.3) is 0 Å². The van der Waals surface area contributed by atoms with Gasteiger partial charge in [-0.2, -0.15) is 0 Å². The number of hydrogen-bond donors (Lipinski definition) is 0. The average molecular weight is 309 g/mol. The van der Waals surface area contributed by atoms with Crippen LogP contribution in [0.3, 0.4) is 0 Å². The van der Waals surface area contributed by atoms with Crippen LogP contribution in [0.4, 0.5) is 0 Å². The fourth-order valence-corrected chi connectivity index (χ4v) is 2.43. The molecule has 0 aliphatic heterocycles. The molecule has 23 heavy (non-hydrogen) atoms. The smallest absolute Gasteiger partial charge is 0.170 e. The first-order valence-electron chi connectivity index (χ1n) is 6.82. The lowest BCUT2D eigenvalue weighted by Crippen LogP contribution is -1.92. The minimum atomic E-state index is 0.573. The van der Waals surface area contributed by atoms with Gasteiger partial charge in [-0.15, -0.1) is 0 Å². The number of hydrogen-bond acceptors (Lipinski definition) is 7. The van der Waals surface area contributed by atoms with E-state index in [4.69, 9.17) is 18.3 Å². The molecule has 0 unspecified atom stereocenters. The molecule has 4 rings (SSSR count). The second kappa shape index (κ2) is 5.45. The Labute approximate surface area is 130 Å². The Bertz CT molecular complexity index is 842. The summed E-state index contributed by atoms with van der Waals surface area (Å²) < 4.78 is 21.4. The van der Waals surface area contributed by atoms with E-state index in [1.54, 1.807) is 43.9 Å².